The highest BCUT2D eigenvalue weighted by Crippen LogP contribution is 2.32. The number of benzene rings is 1. The quantitative estimate of drug-likeness (QED) is 0.617. The lowest BCUT2D eigenvalue weighted by molar-refractivity contribution is 0.0509. The number of likely N-dealkylation sites (N-methyl/N-ethyl adjacent to an activating group) is 1. The average Bonchev–Trinajstić information content (AvgIpc) is 3.16. The van der Waals surface area contributed by atoms with Crippen molar-refractivity contribution in [2.75, 3.05) is 39.4 Å². The molecule has 156 valence electrons. The monoisotopic (exact) mass is 419 g/mol. The average molecular weight is 420 g/mol. The summed E-state index contributed by atoms with van der Waals surface area (Å²) in [5, 5.41) is 8.80. The third-order valence-corrected chi connectivity index (χ3v) is 5.87. The third-order valence-electron chi connectivity index (χ3n) is 4.96. The summed E-state index contributed by atoms with van der Waals surface area (Å²) in [7, 11) is 3.54. The van der Waals surface area contributed by atoms with E-state index >= 15 is 0 Å². The molecule has 0 amide bonds. The molecule has 9 heteroatoms. The summed E-state index contributed by atoms with van der Waals surface area (Å²) in [4.78, 5) is 6.62. The summed E-state index contributed by atoms with van der Waals surface area (Å²) >= 11 is 1.53. The molecule has 1 N–H and O–H groups in total. The van der Waals surface area contributed by atoms with E-state index in [1.807, 2.05) is 42.7 Å². The van der Waals surface area contributed by atoms with Gasteiger partial charge in [0.25, 0.3) is 0 Å². The van der Waals surface area contributed by atoms with Crippen molar-refractivity contribution in [3.63, 3.8) is 0 Å². The minimum atomic E-state index is -0.806. The summed E-state index contributed by atoms with van der Waals surface area (Å²) in [6.07, 6.45) is 1.66. The molecule has 29 heavy (non-hydrogen) atoms. The molecule has 0 aliphatic carbocycles. The lowest BCUT2D eigenvalue weighted by Crippen LogP contribution is -2.45. The van der Waals surface area contributed by atoms with Crippen molar-refractivity contribution >= 4 is 26.8 Å². The van der Waals surface area contributed by atoms with Crippen LogP contribution in [0.4, 0.5) is 9.52 Å². The third kappa shape index (κ3) is 4.36. The molecule has 1 aliphatic rings. The van der Waals surface area contributed by atoms with Crippen LogP contribution in [0, 0.1) is 13.8 Å². The van der Waals surface area contributed by atoms with Crippen LogP contribution in [0.25, 0.3) is 16.0 Å². The first-order valence-electron chi connectivity index (χ1n) is 9.61. The molecule has 7 nitrogen and oxygen atoms in total. The Labute approximate surface area is 173 Å². The van der Waals surface area contributed by atoms with Crippen LogP contribution in [0.2, 0.25) is 0 Å². The minimum absolute atomic E-state index is 0.0551. The van der Waals surface area contributed by atoms with E-state index in [4.69, 9.17) is 9.47 Å². The Hall–Kier alpha value is -2.23. The summed E-state index contributed by atoms with van der Waals surface area (Å²) in [5.41, 5.74) is 3.71. The Bertz CT molecular complexity index is 963. The van der Waals surface area contributed by atoms with Gasteiger partial charge >= 0.3 is 0 Å². The number of rotatable bonds is 6. The standard InChI is InChI=1S/C20H26FN5O2S/c1-12-5-13(2)18(16(6-12)28-11-27-4)26-10-17-19(24-26)23-20(29-17)22-15-7-14(21)8-25(3)9-15/h5-6,10,14-15H,7-9,11H2,1-4H3,(H,22,23,24)/t14-,15-/m1/s1. The number of methoxy groups -OCH3 is 1. The number of nitrogens with one attached hydrogen (secondary N) is 1. The zero-order chi connectivity index (χ0) is 20.5. The topological polar surface area (TPSA) is 64.4 Å². The molecule has 0 bridgehead atoms. The van der Waals surface area contributed by atoms with Gasteiger partial charge in [0.15, 0.2) is 17.6 Å². The van der Waals surface area contributed by atoms with Crippen LogP contribution in [0.15, 0.2) is 18.3 Å². The summed E-state index contributed by atoms with van der Waals surface area (Å²) < 4.78 is 27.4. The molecular formula is C20H26FN5O2S. The second kappa shape index (κ2) is 8.25. The van der Waals surface area contributed by atoms with Gasteiger partial charge in [0, 0.05) is 32.7 Å². The highest BCUT2D eigenvalue weighted by Gasteiger charge is 2.26. The molecule has 2 atom stereocenters. The van der Waals surface area contributed by atoms with Crippen LogP contribution in [0.3, 0.4) is 0 Å². The van der Waals surface area contributed by atoms with E-state index in [1.165, 1.54) is 11.3 Å². The first-order valence-corrected chi connectivity index (χ1v) is 10.4. The second-order valence-corrected chi connectivity index (χ2v) is 8.69. The molecule has 1 aromatic carbocycles. The van der Waals surface area contributed by atoms with Gasteiger partial charge in [-0.1, -0.05) is 17.4 Å². The van der Waals surface area contributed by atoms with E-state index in [9.17, 15) is 4.39 Å². The number of ether oxygens (including phenoxy) is 2. The van der Waals surface area contributed by atoms with Crippen LogP contribution >= 0.6 is 11.3 Å². The summed E-state index contributed by atoms with van der Waals surface area (Å²) in [5.74, 6) is 0.720. The minimum Gasteiger partial charge on any atom is -0.465 e. The fourth-order valence-electron chi connectivity index (χ4n) is 3.87. The molecule has 0 spiro atoms. The molecule has 3 heterocycles. The maximum absolute atomic E-state index is 13.8. The van der Waals surface area contributed by atoms with E-state index in [2.05, 4.69) is 21.5 Å². The molecule has 1 saturated heterocycles. The molecule has 1 aliphatic heterocycles. The number of alkyl halides is 1. The van der Waals surface area contributed by atoms with Gasteiger partial charge in [-0.15, -0.1) is 5.10 Å². The molecule has 3 aromatic rings. The van der Waals surface area contributed by atoms with Crippen molar-refractivity contribution in [2.45, 2.75) is 32.5 Å². The van der Waals surface area contributed by atoms with Gasteiger partial charge in [0.2, 0.25) is 0 Å². The number of hydrogen-bond donors (Lipinski definition) is 1. The van der Waals surface area contributed by atoms with Gasteiger partial charge in [-0.05, 0) is 38.1 Å². The first kappa shape index (κ1) is 20.1. The van der Waals surface area contributed by atoms with Crippen molar-refractivity contribution in [3.05, 3.63) is 29.5 Å². The number of anilines is 1. The van der Waals surface area contributed by atoms with Gasteiger partial charge in [0.05, 0.1) is 10.9 Å². The highest BCUT2D eigenvalue weighted by molar-refractivity contribution is 7.22. The molecule has 2 aromatic heterocycles. The van der Waals surface area contributed by atoms with Gasteiger partial charge in [-0.3, -0.25) is 0 Å². The number of nitrogens with zero attached hydrogens (tertiary/aromatic N) is 4. The Balaban J connectivity index is 1.59. The molecule has 1 fully saturated rings. The normalized spacial score (nSPS) is 20.3. The van der Waals surface area contributed by atoms with Crippen molar-refractivity contribution in [3.8, 4) is 11.4 Å². The van der Waals surface area contributed by atoms with E-state index < -0.39 is 6.17 Å². The van der Waals surface area contributed by atoms with Crippen molar-refractivity contribution in [1.29, 1.82) is 0 Å². The number of halogens is 1. The molecule has 0 unspecified atom stereocenters. The van der Waals surface area contributed by atoms with Crippen molar-refractivity contribution < 1.29 is 13.9 Å². The number of thiazole rings is 1. The predicted molar refractivity (Wildman–Crippen MR) is 113 cm³/mol. The fraction of sp³-hybridized carbons (Fsp3) is 0.500. The number of aromatic nitrogens is 3. The second-order valence-electron chi connectivity index (χ2n) is 7.66. The molecule has 0 saturated carbocycles. The number of likely N-dealkylation sites (tertiary alicyclic amines) is 1. The summed E-state index contributed by atoms with van der Waals surface area (Å²) in [6, 6.07) is 4.13. The summed E-state index contributed by atoms with van der Waals surface area (Å²) in [6.45, 7) is 5.53. The Morgan fingerprint density at radius 1 is 1.31 bits per heavy atom. The van der Waals surface area contributed by atoms with Crippen molar-refractivity contribution in [2.24, 2.45) is 0 Å². The first-order chi connectivity index (χ1) is 13.9. The molecule has 4 rings (SSSR count). The number of aryl methyl sites for hydroxylation is 2. The SMILES string of the molecule is COCOc1cc(C)cc(C)c1-n1cc2sc(N[C@@H]3C[C@@H](F)CN(C)C3)nc2n1. The zero-order valence-corrected chi connectivity index (χ0v) is 17.9. The molecule has 0 radical (unpaired) electrons. The Kier molecular flexibility index (Phi) is 5.71. The Morgan fingerprint density at radius 3 is 2.86 bits per heavy atom. The number of fused-ring (bicyclic) bond motifs is 1. The smallest absolute Gasteiger partial charge is 0.194 e. The highest BCUT2D eigenvalue weighted by atomic mass is 32.1. The van der Waals surface area contributed by atoms with Crippen LogP contribution in [-0.4, -0.2) is 65.9 Å². The van der Waals surface area contributed by atoms with Gasteiger partial charge < -0.3 is 19.7 Å². The lowest BCUT2D eigenvalue weighted by Gasteiger charge is -2.32. The number of piperidine rings is 1. The maximum Gasteiger partial charge on any atom is 0.194 e. The van der Waals surface area contributed by atoms with E-state index in [0.717, 1.165) is 38.9 Å². The van der Waals surface area contributed by atoms with Gasteiger partial charge in [-0.25, -0.2) is 9.07 Å². The van der Waals surface area contributed by atoms with Crippen LogP contribution in [-0.2, 0) is 4.74 Å². The van der Waals surface area contributed by atoms with Crippen molar-refractivity contribution in [1.82, 2.24) is 19.7 Å². The molecular weight excluding hydrogens is 393 g/mol. The predicted octanol–water partition coefficient (Wildman–Crippen LogP) is 3.54. The maximum atomic E-state index is 13.8. The Morgan fingerprint density at radius 2 is 2.14 bits per heavy atom. The van der Waals surface area contributed by atoms with Gasteiger partial charge in [-0.2, -0.15) is 4.98 Å². The van der Waals surface area contributed by atoms with Gasteiger partial charge in [0.1, 0.15) is 17.6 Å². The fourth-order valence-corrected chi connectivity index (χ4v) is 4.77. The van der Waals surface area contributed by atoms with Crippen LogP contribution in [0.5, 0.6) is 5.75 Å². The number of hydrogen-bond acceptors (Lipinski definition) is 7. The van der Waals surface area contributed by atoms with Crippen LogP contribution < -0.4 is 10.1 Å². The van der Waals surface area contributed by atoms with E-state index in [1.54, 1.807) is 7.11 Å². The van der Waals surface area contributed by atoms with E-state index in [-0.39, 0.29) is 12.8 Å². The van der Waals surface area contributed by atoms with E-state index in [0.29, 0.717) is 18.6 Å². The van der Waals surface area contributed by atoms with Crippen LogP contribution in [0.1, 0.15) is 17.5 Å². The zero-order valence-electron chi connectivity index (χ0n) is 17.1. The largest absolute Gasteiger partial charge is 0.465 e. The lowest BCUT2D eigenvalue weighted by atomic mass is 10.1.